The zero-order valence-electron chi connectivity index (χ0n) is 10.4. The molecule has 2 aromatic rings. The molecule has 19 heavy (non-hydrogen) atoms. The summed E-state index contributed by atoms with van der Waals surface area (Å²) in [7, 11) is 4.52. The summed E-state index contributed by atoms with van der Waals surface area (Å²) in [4.78, 5) is 0. The smallest absolute Gasteiger partial charge is 0.296 e. The fraction of sp³-hybridized carbons (Fsp3) is 0.273. The van der Waals surface area contributed by atoms with Gasteiger partial charge in [0.2, 0.25) is 0 Å². The van der Waals surface area contributed by atoms with Crippen molar-refractivity contribution in [1.82, 2.24) is 14.8 Å². The SMILES string of the molecule is COc1cccc(Cc2nnc(S(=O)(=O)Cl)n2C)c1. The monoisotopic (exact) mass is 301 g/mol. The lowest BCUT2D eigenvalue weighted by Gasteiger charge is -2.04. The van der Waals surface area contributed by atoms with Gasteiger partial charge in [0.1, 0.15) is 11.6 Å². The van der Waals surface area contributed by atoms with Gasteiger partial charge in [0, 0.05) is 24.2 Å². The summed E-state index contributed by atoms with van der Waals surface area (Å²) in [6.45, 7) is 0. The van der Waals surface area contributed by atoms with Crippen LogP contribution in [0.5, 0.6) is 5.75 Å². The van der Waals surface area contributed by atoms with Gasteiger partial charge in [-0.2, -0.15) is 0 Å². The van der Waals surface area contributed by atoms with Gasteiger partial charge in [-0.15, -0.1) is 10.2 Å². The topological polar surface area (TPSA) is 74.1 Å². The largest absolute Gasteiger partial charge is 0.497 e. The molecule has 0 radical (unpaired) electrons. The molecule has 0 aliphatic rings. The lowest BCUT2D eigenvalue weighted by Crippen LogP contribution is -2.05. The van der Waals surface area contributed by atoms with Gasteiger partial charge in [-0.3, -0.25) is 0 Å². The molecular formula is C11H12ClN3O3S. The second kappa shape index (κ2) is 5.18. The third-order valence-corrected chi connectivity index (χ3v) is 3.85. The second-order valence-electron chi connectivity index (χ2n) is 3.92. The molecule has 0 saturated heterocycles. The van der Waals surface area contributed by atoms with Gasteiger partial charge in [0.05, 0.1) is 7.11 Å². The van der Waals surface area contributed by atoms with E-state index in [4.69, 9.17) is 15.4 Å². The molecule has 0 aliphatic carbocycles. The molecule has 6 nitrogen and oxygen atoms in total. The van der Waals surface area contributed by atoms with Crippen LogP contribution in [0.3, 0.4) is 0 Å². The molecule has 0 N–H and O–H groups in total. The first kappa shape index (κ1) is 13.8. The molecule has 102 valence electrons. The van der Waals surface area contributed by atoms with Gasteiger partial charge in [-0.25, -0.2) is 8.42 Å². The van der Waals surface area contributed by atoms with E-state index in [9.17, 15) is 8.42 Å². The fourth-order valence-electron chi connectivity index (χ4n) is 1.68. The van der Waals surface area contributed by atoms with Gasteiger partial charge < -0.3 is 9.30 Å². The normalized spacial score (nSPS) is 11.5. The van der Waals surface area contributed by atoms with Crippen molar-refractivity contribution < 1.29 is 13.2 Å². The Balaban J connectivity index is 2.32. The summed E-state index contributed by atoms with van der Waals surface area (Å²) >= 11 is 0. The van der Waals surface area contributed by atoms with Crippen LogP contribution in [0.2, 0.25) is 0 Å². The number of nitrogens with zero attached hydrogens (tertiary/aromatic N) is 3. The minimum absolute atomic E-state index is 0.257. The van der Waals surface area contributed by atoms with Gasteiger partial charge in [-0.1, -0.05) is 12.1 Å². The minimum Gasteiger partial charge on any atom is -0.497 e. The lowest BCUT2D eigenvalue weighted by atomic mass is 10.1. The Bertz CT molecular complexity index is 697. The lowest BCUT2D eigenvalue weighted by molar-refractivity contribution is 0.414. The van der Waals surface area contributed by atoms with Crippen molar-refractivity contribution in [2.75, 3.05) is 7.11 Å². The number of benzene rings is 1. The van der Waals surface area contributed by atoms with E-state index in [1.807, 2.05) is 24.3 Å². The third kappa shape index (κ3) is 3.05. The van der Waals surface area contributed by atoms with Crippen LogP contribution in [0.25, 0.3) is 0 Å². The highest BCUT2D eigenvalue weighted by atomic mass is 35.7. The van der Waals surface area contributed by atoms with Crippen molar-refractivity contribution in [3.8, 4) is 5.75 Å². The average molecular weight is 302 g/mol. The van der Waals surface area contributed by atoms with Crippen molar-refractivity contribution in [2.24, 2.45) is 7.05 Å². The summed E-state index contributed by atoms with van der Waals surface area (Å²) < 4.78 is 29.0. The summed E-state index contributed by atoms with van der Waals surface area (Å²) in [5.74, 6) is 1.23. The van der Waals surface area contributed by atoms with Crippen LogP contribution in [-0.4, -0.2) is 30.3 Å². The quantitative estimate of drug-likeness (QED) is 0.797. The Hall–Kier alpha value is -1.60. The van der Waals surface area contributed by atoms with Crippen molar-refractivity contribution in [1.29, 1.82) is 0 Å². The molecule has 0 amide bonds. The zero-order valence-corrected chi connectivity index (χ0v) is 11.9. The first-order chi connectivity index (χ1) is 8.91. The number of hydrogen-bond donors (Lipinski definition) is 0. The predicted molar refractivity (Wildman–Crippen MR) is 69.8 cm³/mol. The van der Waals surface area contributed by atoms with Gasteiger partial charge in [0.15, 0.2) is 0 Å². The molecule has 1 heterocycles. The van der Waals surface area contributed by atoms with E-state index < -0.39 is 9.05 Å². The van der Waals surface area contributed by atoms with Gasteiger partial charge in [0.25, 0.3) is 14.2 Å². The highest BCUT2D eigenvalue weighted by Gasteiger charge is 2.20. The van der Waals surface area contributed by atoms with E-state index in [1.54, 1.807) is 14.2 Å². The maximum Gasteiger partial charge on any atom is 0.296 e. The Labute approximate surface area is 115 Å². The highest BCUT2D eigenvalue weighted by Crippen LogP contribution is 2.17. The van der Waals surface area contributed by atoms with Crippen molar-refractivity contribution in [3.63, 3.8) is 0 Å². The van der Waals surface area contributed by atoms with E-state index in [2.05, 4.69) is 10.2 Å². The van der Waals surface area contributed by atoms with Crippen LogP contribution in [0.1, 0.15) is 11.4 Å². The summed E-state index contributed by atoms with van der Waals surface area (Å²) in [6.07, 6.45) is 0.438. The van der Waals surface area contributed by atoms with E-state index in [1.165, 1.54) is 4.57 Å². The summed E-state index contributed by atoms with van der Waals surface area (Å²) in [5, 5.41) is 7.17. The second-order valence-corrected chi connectivity index (χ2v) is 6.38. The molecule has 0 aliphatic heterocycles. The van der Waals surface area contributed by atoms with Gasteiger partial charge >= 0.3 is 0 Å². The van der Waals surface area contributed by atoms with Crippen molar-refractivity contribution in [2.45, 2.75) is 11.6 Å². The van der Waals surface area contributed by atoms with Crippen molar-refractivity contribution in [3.05, 3.63) is 35.7 Å². The van der Waals surface area contributed by atoms with Crippen LogP contribution >= 0.6 is 10.7 Å². The first-order valence-electron chi connectivity index (χ1n) is 5.37. The zero-order chi connectivity index (χ0) is 14.0. The first-order valence-corrected chi connectivity index (χ1v) is 7.68. The molecule has 0 saturated carbocycles. The number of rotatable bonds is 4. The number of methoxy groups -OCH3 is 1. The van der Waals surface area contributed by atoms with Crippen molar-refractivity contribution >= 4 is 19.7 Å². The van der Waals surface area contributed by atoms with Crippen LogP contribution in [0, 0.1) is 0 Å². The molecule has 0 bridgehead atoms. The van der Waals surface area contributed by atoms with E-state index in [-0.39, 0.29) is 5.16 Å². The third-order valence-electron chi connectivity index (χ3n) is 2.64. The number of halogens is 1. The molecule has 1 aromatic carbocycles. The average Bonchev–Trinajstić information content (AvgIpc) is 2.71. The standard InChI is InChI=1S/C11H12ClN3O3S/c1-15-10(13-14-11(15)19(12,16)17)7-8-4-3-5-9(6-8)18-2/h3-6H,7H2,1-2H3. The highest BCUT2D eigenvalue weighted by molar-refractivity contribution is 8.13. The maximum atomic E-state index is 11.2. The fourth-order valence-corrected chi connectivity index (χ4v) is 2.65. The van der Waals surface area contributed by atoms with Crippen LogP contribution in [0.15, 0.2) is 29.4 Å². The number of ether oxygens (including phenoxy) is 1. The molecule has 2 rings (SSSR count). The number of hydrogen-bond acceptors (Lipinski definition) is 5. The molecule has 8 heteroatoms. The van der Waals surface area contributed by atoms with E-state index >= 15 is 0 Å². The molecule has 0 fully saturated rings. The molecular weight excluding hydrogens is 290 g/mol. The molecule has 0 atom stereocenters. The Kier molecular flexibility index (Phi) is 3.77. The summed E-state index contributed by atoms with van der Waals surface area (Å²) in [5.41, 5.74) is 0.938. The Morgan fingerprint density at radius 2 is 2.11 bits per heavy atom. The number of aromatic nitrogens is 3. The Morgan fingerprint density at radius 1 is 1.37 bits per heavy atom. The summed E-state index contributed by atoms with van der Waals surface area (Å²) in [6, 6.07) is 7.42. The van der Waals surface area contributed by atoms with Crippen LogP contribution in [-0.2, 0) is 22.5 Å². The molecule has 0 unspecified atom stereocenters. The van der Waals surface area contributed by atoms with E-state index in [0.29, 0.717) is 12.2 Å². The van der Waals surface area contributed by atoms with Crippen LogP contribution in [0.4, 0.5) is 0 Å². The molecule has 0 spiro atoms. The Morgan fingerprint density at radius 3 is 2.68 bits per heavy atom. The molecule has 1 aromatic heterocycles. The van der Waals surface area contributed by atoms with E-state index in [0.717, 1.165) is 11.3 Å². The van der Waals surface area contributed by atoms with Gasteiger partial charge in [-0.05, 0) is 17.7 Å². The maximum absolute atomic E-state index is 11.2. The predicted octanol–water partition coefficient (Wildman–Crippen LogP) is 1.34. The minimum atomic E-state index is -3.88. The van der Waals surface area contributed by atoms with Crippen LogP contribution < -0.4 is 4.74 Å².